The Morgan fingerprint density at radius 3 is 2.93 bits per heavy atom. The van der Waals surface area contributed by atoms with E-state index in [1.165, 1.54) is 5.01 Å². The van der Waals surface area contributed by atoms with Gasteiger partial charge in [0, 0.05) is 14.1 Å². The predicted octanol–water partition coefficient (Wildman–Crippen LogP) is 2.37. The summed E-state index contributed by atoms with van der Waals surface area (Å²) in [6.45, 7) is 0. The number of nitrogens with zero attached hydrogens (tertiary/aromatic N) is 3. The molecule has 7 heteroatoms. The van der Waals surface area contributed by atoms with Crippen molar-refractivity contribution in [3.63, 3.8) is 0 Å². The summed E-state index contributed by atoms with van der Waals surface area (Å²) in [6.07, 6.45) is -1.35. The summed E-state index contributed by atoms with van der Waals surface area (Å²) in [5.41, 5.74) is 0.408. The van der Waals surface area contributed by atoms with Crippen molar-refractivity contribution in [2.45, 2.75) is 0 Å². The van der Waals surface area contributed by atoms with Crippen LogP contribution in [-0.4, -0.2) is 30.4 Å². The van der Waals surface area contributed by atoms with Crippen LogP contribution in [0.1, 0.15) is 0 Å². The highest BCUT2D eigenvalue weighted by atomic mass is 32.1. The molecule has 0 unspecified atom stereocenters. The van der Waals surface area contributed by atoms with Crippen LogP contribution >= 0.6 is 11.3 Å². The molecule has 14 heavy (non-hydrogen) atoms. The van der Waals surface area contributed by atoms with E-state index in [1.807, 2.05) is 0 Å². The van der Waals surface area contributed by atoms with Crippen molar-refractivity contribution in [3.8, 4) is 5.06 Å². The van der Waals surface area contributed by atoms with Gasteiger partial charge in [-0.15, -0.1) is 16.5 Å². The largest absolute Gasteiger partial charge is 0.512 e. The third-order valence-electron chi connectivity index (χ3n) is 1.12. The minimum Gasteiger partial charge on any atom is -0.449 e. The lowest BCUT2D eigenvalue weighted by Gasteiger charge is -2.00. The van der Waals surface area contributed by atoms with E-state index in [0.29, 0.717) is 5.69 Å². The maximum absolute atomic E-state index is 10.3. The molecule has 0 amide bonds. The zero-order chi connectivity index (χ0) is 10.6. The molecule has 0 saturated carbocycles. The summed E-state index contributed by atoms with van der Waals surface area (Å²) in [6, 6.07) is 1.63. The smallest absolute Gasteiger partial charge is 0.449 e. The number of carboxylic acid groups (broad SMARTS) is 1. The van der Waals surface area contributed by atoms with Gasteiger partial charge in [-0.05, 0) is 11.4 Å². The number of hydrogen-bond donors (Lipinski definition) is 1. The van der Waals surface area contributed by atoms with Crippen LogP contribution in [0.15, 0.2) is 21.8 Å². The van der Waals surface area contributed by atoms with E-state index in [1.54, 1.807) is 25.5 Å². The molecule has 0 bridgehead atoms. The molecule has 0 aromatic carbocycles. The fourth-order valence-electron chi connectivity index (χ4n) is 0.656. The first-order valence-electron chi connectivity index (χ1n) is 3.67. The van der Waals surface area contributed by atoms with Crippen LogP contribution in [0.2, 0.25) is 0 Å². The van der Waals surface area contributed by atoms with Gasteiger partial charge in [0.25, 0.3) is 0 Å². The third kappa shape index (κ3) is 3.02. The Balaban J connectivity index is 2.77. The van der Waals surface area contributed by atoms with Crippen molar-refractivity contribution in [1.82, 2.24) is 5.01 Å². The van der Waals surface area contributed by atoms with E-state index in [9.17, 15) is 4.79 Å². The van der Waals surface area contributed by atoms with Gasteiger partial charge in [-0.2, -0.15) is 0 Å². The van der Waals surface area contributed by atoms with Gasteiger partial charge in [-0.3, -0.25) is 5.01 Å². The van der Waals surface area contributed by atoms with Crippen LogP contribution in [0.25, 0.3) is 0 Å². The monoisotopic (exact) mass is 215 g/mol. The SMILES string of the molecule is CN(C)N=Nc1ccsc1OC(=O)O. The Morgan fingerprint density at radius 2 is 2.36 bits per heavy atom. The number of rotatable bonds is 3. The molecular weight excluding hydrogens is 206 g/mol. The molecule has 0 atom stereocenters. The standard InChI is InChI=1S/C7H9N3O3S/c1-10(2)9-8-5-3-4-14-6(5)13-7(11)12/h3-4H,1-2H3,(H,11,12). The highest BCUT2D eigenvalue weighted by molar-refractivity contribution is 7.12. The number of carbonyl (C=O) groups is 1. The molecule has 0 radical (unpaired) electrons. The van der Waals surface area contributed by atoms with Crippen LogP contribution < -0.4 is 4.74 Å². The number of ether oxygens (including phenoxy) is 1. The molecule has 0 fully saturated rings. The van der Waals surface area contributed by atoms with Crippen molar-refractivity contribution >= 4 is 23.2 Å². The van der Waals surface area contributed by atoms with E-state index in [0.717, 1.165) is 11.3 Å². The summed E-state index contributed by atoms with van der Waals surface area (Å²) in [5, 5.41) is 19.3. The quantitative estimate of drug-likeness (QED) is 0.477. The maximum atomic E-state index is 10.3. The Bertz CT molecular complexity index is 348. The minimum atomic E-state index is -1.35. The number of hydrogen-bond acceptors (Lipinski definition) is 5. The van der Waals surface area contributed by atoms with Gasteiger partial charge in [-0.1, -0.05) is 5.22 Å². The molecular formula is C7H9N3O3S. The van der Waals surface area contributed by atoms with E-state index in [2.05, 4.69) is 15.1 Å². The van der Waals surface area contributed by atoms with E-state index in [-0.39, 0.29) is 5.06 Å². The van der Waals surface area contributed by atoms with Gasteiger partial charge in [0.1, 0.15) is 5.69 Å². The normalized spacial score (nSPS) is 10.4. The molecule has 6 nitrogen and oxygen atoms in total. The number of thiophene rings is 1. The Labute approximate surface area is 84.4 Å². The lowest BCUT2D eigenvalue weighted by Crippen LogP contribution is -2.01. The molecule has 1 aromatic heterocycles. The minimum absolute atomic E-state index is 0.225. The zero-order valence-corrected chi connectivity index (χ0v) is 8.48. The van der Waals surface area contributed by atoms with Gasteiger partial charge < -0.3 is 9.84 Å². The summed E-state index contributed by atoms with van der Waals surface area (Å²) >= 11 is 1.15. The molecule has 0 spiro atoms. The van der Waals surface area contributed by atoms with Crippen LogP contribution in [0.3, 0.4) is 0 Å². The molecule has 1 aromatic rings. The topological polar surface area (TPSA) is 74.5 Å². The fraction of sp³-hybridized carbons (Fsp3) is 0.286. The van der Waals surface area contributed by atoms with Crippen molar-refractivity contribution in [2.24, 2.45) is 10.3 Å². The average Bonchev–Trinajstić information content (AvgIpc) is 2.47. The van der Waals surface area contributed by atoms with Crippen molar-refractivity contribution in [2.75, 3.05) is 14.1 Å². The molecule has 0 aliphatic heterocycles. The van der Waals surface area contributed by atoms with Crippen LogP contribution in [-0.2, 0) is 0 Å². The second-order valence-corrected chi connectivity index (χ2v) is 3.38. The van der Waals surface area contributed by atoms with Crippen molar-refractivity contribution < 1.29 is 14.6 Å². The molecule has 0 aliphatic carbocycles. The van der Waals surface area contributed by atoms with Crippen LogP contribution in [0.4, 0.5) is 10.5 Å². The molecule has 1 heterocycles. The second kappa shape index (κ2) is 4.56. The summed E-state index contributed by atoms with van der Waals surface area (Å²) in [5.74, 6) is 0. The van der Waals surface area contributed by atoms with Gasteiger partial charge >= 0.3 is 6.16 Å². The second-order valence-electron chi connectivity index (χ2n) is 2.50. The van der Waals surface area contributed by atoms with Crippen LogP contribution in [0.5, 0.6) is 5.06 Å². The molecule has 0 saturated heterocycles. The lowest BCUT2D eigenvalue weighted by molar-refractivity contribution is 0.146. The van der Waals surface area contributed by atoms with Crippen LogP contribution in [0, 0.1) is 0 Å². The summed E-state index contributed by atoms with van der Waals surface area (Å²) < 4.78 is 4.48. The summed E-state index contributed by atoms with van der Waals surface area (Å²) in [7, 11) is 3.43. The van der Waals surface area contributed by atoms with Crippen molar-refractivity contribution in [3.05, 3.63) is 11.4 Å². The molecule has 1 rings (SSSR count). The van der Waals surface area contributed by atoms with Gasteiger partial charge in [0.05, 0.1) is 0 Å². The average molecular weight is 215 g/mol. The third-order valence-corrected chi connectivity index (χ3v) is 1.90. The Kier molecular flexibility index (Phi) is 3.41. The Morgan fingerprint density at radius 1 is 1.64 bits per heavy atom. The summed E-state index contributed by atoms with van der Waals surface area (Å²) in [4.78, 5) is 10.3. The first-order valence-corrected chi connectivity index (χ1v) is 4.55. The van der Waals surface area contributed by atoms with Gasteiger partial charge in [-0.25, -0.2) is 4.79 Å². The van der Waals surface area contributed by atoms with Gasteiger partial charge in [0.15, 0.2) is 0 Å². The highest BCUT2D eigenvalue weighted by Crippen LogP contribution is 2.34. The van der Waals surface area contributed by atoms with Crippen molar-refractivity contribution in [1.29, 1.82) is 0 Å². The fourth-order valence-corrected chi connectivity index (χ4v) is 1.33. The lowest BCUT2D eigenvalue weighted by atomic mass is 10.5. The highest BCUT2D eigenvalue weighted by Gasteiger charge is 2.08. The zero-order valence-electron chi connectivity index (χ0n) is 7.67. The van der Waals surface area contributed by atoms with E-state index < -0.39 is 6.16 Å². The molecule has 0 aliphatic rings. The Hall–Kier alpha value is -1.63. The first kappa shape index (κ1) is 10.5. The van der Waals surface area contributed by atoms with Gasteiger partial charge in [0.2, 0.25) is 5.06 Å². The maximum Gasteiger partial charge on any atom is 0.512 e. The van der Waals surface area contributed by atoms with E-state index >= 15 is 0 Å². The molecule has 1 N–H and O–H groups in total. The predicted molar refractivity (Wildman–Crippen MR) is 51.2 cm³/mol. The van der Waals surface area contributed by atoms with E-state index in [4.69, 9.17) is 5.11 Å². The molecule has 76 valence electrons. The first-order chi connectivity index (χ1) is 6.59.